The van der Waals surface area contributed by atoms with Gasteiger partial charge in [-0.1, -0.05) is 50.0 Å². The van der Waals surface area contributed by atoms with Crippen LogP contribution in [0.15, 0.2) is 35.3 Å². The van der Waals surface area contributed by atoms with Gasteiger partial charge in [0.15, 0.2) is 11.5 Å². The zero-order chi connectivity index (χ0) is 26.0. The summed E-state index contributed by atoms with van der Waals surface area (Å²) in [5.41, 5.74) is 3.88. The van der Waals surface area contributed by atoms with E-state index < -0.39 is 0 Å². The molecule has 0 unspecified atom stereocenters. The van der Waals surface area contributed by atoms with Crippen molar-refractivity contribution in [3.8, 4) is 17.6 Å². The summed E-state index contributed by atoms with van der Waals surface area (Å²) < 4.78 is 12.6. The summed E-state index contributed by atoms with van der Waals surface area (Å²) in [6, 6.07) is 11.6. The maximum atomic E-state index is 9.86. The number of hydrogen-bond donors (Lipinski definition) is 0. The normalized spacial score (nSPS) is 15.6. The summed E-state index contributed by atoms with van der Waals surface area (Å²) >= 11 is 16.2. The third kappa shape index (κ3) is 6.02. The Bertz CT molecular complexity index is 1360. The van der Waals surface area contributed by atoms with Gasteiger partial charge in [0.05, 0.1) is 16.2 Å². The third-order valence-corrected chi connectivity index (χ3v) is 9.10. The average molecular weight is 653 g/mol. The molecule has 1 atom stereocenters. The van der Waals surface area contributed by atoms with Crippen LogP contribution < -0.4 is 9.47 Å². The van der Waals surface area contributed by atoms with Gasteiger partial charge in [-0.3, -0.25) is 0 Å². The van der Waals surface area contributed by atoms with Crippen molar-refractivity contribution in [2.75, 3.05) is 7.11 Å². The van der Waals surface area contributed by atoms with Gasteiger partial charge >= 0.3 is 0 Å². The Morgan fingerprint density at radius 3 is 2.69 bits per heavy atom. The Hall–Kier alpha value is -1.79. The number of thiophene rings is 1. The minimum Gasteiger partial charge on any atom is -0.493 e. The Kier molecular flexibility index (Phi) is 8.56. The molecule has 0 radical (unpaired) electrons. The number of nitrogens with zero attached hydrogens (tertiary/aromatic N) is 2. The molecule has 0 amide bonds. The zero-order valence-electron chi connectivity index (χ0n) is 20.6. The summed E-state index contributed by atoms with van der Waals surface area (Å²) in [6.45, 7) is 7.19. The molecule has 3 aromatic rings. The molecule has 4 rings (SSSR count). The van der Waals surface area contributed by atoms with Crippen molar-refractivity contribution in [1.29, 1.82) is 5.26 Å². The van der Waals surface area contributed by atoms with Gasteiger partial charge in [-0.05, 0) is 88.6 Å². The van der Waals surface area contributed by atoms with E-state index >= 15 is 0 Å². The molecule has 0 saturated carbocycles. The second kappa shape index (κ2) is 11.3. The average Bonchev–Trinajstić information content (AvgIpc) is 3.18. The first-order valence-electron chi connectivity index (χ1n) is 11.6. The predicted molar refractivity (Wildman–Crippen MR) is 158 cm³/mol. The van der Waals surface area contributed by atoms with Gasteiger partial charge in [-0.15, -0.1) is 11.3 Å². The SMILES string of the molecule is COc1cc(C=Nc2sc3c(c2C#N)CC[C@@H](C(C)(C)C)C3)cc(I)c1OCc1ccc(Cl)cc1Cl. The van der Waals surface area contributed by atoms with Crippen LogP contribution in [-0.4, -0.2) is 13.3 Å². The minimum absolute atomic E-state index is 0.258. The summed E-state index contributed by atoms with van der Waals surface area (Å²) in [4.78, 5) is 6.05. The highest BCUT2D eigenvalue weighted by atomic mass is 127. The minimum atomic E-state index is 0.258. The molecule has 0 N–H and O–H groups in total. The van der Waals surface area contributed by atoms with Crippen LogP contribution in [0.3, 0.4) is 0 Å². The molecular formula is C28H27Cl2IN2O2S. The Balaban J connectivity index is 1.56. The molecule has 1 aromatic heterocycles. The molecule has 0 fully saturated rings. The first kappa shape index (κ1) is 27.3. The van der Waals surface area contributed by atoms with Crippen molar-refractivity contribution in [1.82, 2.24) is 0 Å². The number of rotatable bonds is 6. The maximum Gasteiger partial charge on any atom is 0.174 e. The highest BCUT2D eigenvalue weighted by Gasteiger charge is 2.32. The fourth-order valence-electron chi connectivity index (χ4n) is 4.39. The molecule has 4 nitrogen and oxygen atoms in total. The lowest BCUT2D eigenvalue weighted by molar-refractivity contribution is 0.218. The summed E-state index contributed by atoms with van der Waals surface area (Å²) in [5, 5.41) is 11.8. The highest BCUT2D eigenvalue weighted by Crippen LogP contribution is 2.45. The molecule has 8 heteroatoms. The second-order valence-corrected chi connectivity index (χ2v) is 13.0. The summed E-state index contributed by atoms with van der Waals surface area (Å²) in [6.07, 6.45) is 4.87. The van der Waals surface area contributed by atoms with Crippen molar-refractivity contribution in [3.05, 3.63) is 71.1 Å². The number of halogens is 3. The Labute approximate surface area is 240 Å². The first-order chi connectivity index (χ1) is 17.1. The van der Waals surface area contributed by atoms with Crippen LogP contribution in [0.5, 0.6) is 11.5 Å². The van der Waals surface area contributed by atoms with E-state index in [1.165, 1.54) is 10.4 Å². The quantitative estimate of drug-likeness (QED) is 0.197. The zero-order valence-corrected chi connectivity index (χ0v) is 25.1. The summed E-state index contributed by atoms with van der Waals surface area (Å²) in [5.74, 6) is 1.86. The first-order valence-corrected chi connectivity index (χ1v) is 14.3. The summed E-state index contributed by atoms with van der Waals surface area (Å²) in [7, 11) is 1.61. The van der Waals surface area contributed by atoms with Crippen LogP contribution in [0.1, 0.15) is 54.3 Å². The van der Waals surface area contributed by atoms with Crippen LogP contribution in [0, 0.1) is 26.2 Å². The number of ether oxygens (including phenoxy) is 2. The van der Waals surface area contributed by atoms with Gasteiger partial charge in [0.1, 0.15) is 17.7 Å². The van der Waals surface area contributed by atoms with E-state index in [0.717, 1.165) is 44.5 Å². The van der Waals surface area contributed by atoms with Crippen LogP contribution in [0.25, 0.3) is 0 Å². The van der Waals surface area contributed by atoms with E-state index in [1.54, 1.807) is 36.8 Å². The third-order valence-electron chi connectivity index (χ3n) is 6.55. The van der Waals surface area contributed by atoms with Crippen LogP contribution in [-0.2, 0) is 19.4 Å². The standard InChI is InChI=1S/C28H27Cl2IN2O2S/c1-28(2,3)18-6-8-20-21(13-32)27(36-25(20)11-18)33-14-16-9-23(31)26(24(10-16)34-4)35-15-17-5-7-19(29)12-22(17)30/h5,7,9-10,12,14,18H,6,8,11,15H2,1-4H3/t18-/m1/s1. The lowest BCUT2D eigenvalue weighted by atomic mass is 9.72. The van der Waals surface area contributed by atoms with Gasteiger partial charge in [0.25, 0.3) is 0 Å². The van der Waals surface area contributed by atoms with E-state index in [4.69, 9.17) is 37.7 Å². The van der Waals surface area contributed by atoms with Crippen molar-refractivity contribution < 1.29 is 9.47 Å². The predicted octanol–water partition coefficient (Wildman–Crippen LogP) is 9.02. The lowest BCUT2D eigenvalue weighted by Gasteiger charge is -2.33. The van der Waals surface area contributed by atoms with Crippen molar-refractivity contribution >= 4 is 68.3 Å². The van der Waals surface area contributed by atoms with Gasteiger partial charge < -0.3 is 9.47 Å². The highest BCUT2D eigenvalue weighted by molar-refractivity contribution is 14.1. The molecule has 1 heterocycles. The molecule has 2 aromatic carbocycles. The van der Waals surface area contributed by atoms with Gasteiger partial charge in [0.2, 0.25) is 0 Å². The molecule has 1 aliphatic carbocycles. The van der Waals surface area contributed by atoms with Crippen molar-refractivity contribution in [3.63, 3.8) is 0 Å². The number of fused-ring (bicyclic) bond motifs is 1. The molecule has 0 spiro atoms. The van der Waals surface area contributed by atoms with E-state index in [0.29, 0.717) is 27.5 Å². The van der Waals surface area contributed by atoms with Crippen LogP contribution in [0.4, 0.5) is 5.00 Å². The molecule has 0 aliphatic heterocycles. The van der Waals surface area contributed by atoms with Gasteiger partial charge in [-0.2, -0.15) is 5.26 Å². The fourth-order valence-corrected chi connectivity index (χ4v) is 6.86. The van der Waals surface area contributed by atoms with Gasteiger partial charge in [0, 0.05) is 26.7 Å². The maximum absolute atomic E-state index is 9.86. The number of hydrogen-bond acceptors (Lipinski definition) is 5. The van der Waals surface area contributed by atoms with E-state index in [9.17, 15) is 5.26 Å². The molecule has 0 saturated heterocycles. The topological polar surface area (TPSA) is 54.6 Å². The van der Waals surface area contributed by atoms with E-state index in [1.807, 2.05) is 18.2 Å². The number of aliphatic imine (C=N–C) groups is 1. The number of benzene rings is 2. The Morgan fingerprint density at radius 2 is 2.03 bits per heavy atom. The van der Waals surface area contributed by atoms with Crippen molar-refractivity contribution in [2.45, 2.75) is 46.6 Å². The molecular weight excluding hydrogens is 626 g/mol. The number of nitriles is 1. The molecule has 188 valence electrons. The van der Waals surface area contributed by atoms with Crippen LogP contribution >= 0.6 is 57.1 Å². The number of methoxy groups -OCH3 is 1. The molecule has 36 heavy (non-hydrogen) atoms. The Morgan fingerprint density at radius 1 is 1.25 bits per heavy atom. The van der Waals surface area contributed by atoms with Crippen molar-refractivity contribution in [2.24, 2.45) is 16.3 Å². The monoisotopic (exact) mass is 652 g/mol. The molecule has 0 bridgehead atoms. The lowest BCUT2D eigenvalue weighted by Crippen LogP contribution is -2.26. The molecule has 1 aliphatic rings. The van der Waals surface area contributed by atoms with Crippen LogP contribution in [0.2, 0.25) is 10.0 Å². The van der Waals surface area contributed by atoms with Gasteiger partial charge in [-0.25, -0.2) is 4.99 Å². The van der Waals surface area contributed by atoms with E-state index in [2.05, 4.69) is 49.4 Å². The largest absolute Gasteiger partial charge is 0.493 e. The fraction of sp³-hybridized carbons (Fsp3) is 0.357. The smallest absolute Gasteiger partial charge is 0.174 e. The van der Waals surface area contributed by atoms with E-state index in [-0.39, 0.29) is 12.0 Å². The second-order valence-electron chi connectivity index (χ2n) is 9.92.